The van der Waals surface area contributed by atoms with E-state index >= 15 is 0 Å². The molecule has 5 nitrogen and oxygen atoms in total. The molecule has 1 fully saturated rings. The van der Waals surface area contributed by atoms with Crippen LogP contribution < -0.4 is 5.32 Å². The molecule has 0 aliphatic carbocycles. The van der Waals surface area contributed by atoms with E-state index in [0.717, 1.165) is 4.88 Å². The molecule has 0 radical (unpaired) electrons. The molecule has 7 heteroatoms. The third kappa shape index (κ3) is 3.00. The quantitative estimate of drug-likeness (QED) is 0.910. The number of hydrogen-bond donors (Lipinski definition) is 1. The number of rotatable bonds is 4. The van der Waals surface area contributed by atoms with Gasteiger partial charge in [-0.1, -0.05) is 0 Å². The van der Waals surface area contributed by atoms with Gasteiger partial charge in [-0.3, -0.25) is 0 Å². The Hall–Kier alpha value is -0.470. The molecule has 0 spiro atoms. The molecule has 1 aromatic rings. The second kappa shape index (κ2) is 5.49. The first kappa shape index (κ1) is 14.9. The summed E-state index contributed by atoms with van der Waals surface area (Å²) >= 11 is 1.33. The predicted molar refractivity (Wildman–Crippen MR) is 75.9 cm³/mol. The zero-order chi connectivity index (χ0) is 14.1. The highest BCUT2D eigenvalue weighted by Gasteiger charge is 2.40. The maximum absolute atomic E-state index is 12.7. The van der Waals surface area contributed by atoms with Crippen molar-refractivity contribution >= 4 is 21.4 Å². The van der Waals surface area contributed by atoms with Gasteiger partial charge in [0.1, 0.15) is 4.21 Å². The Labute approximate surface area is 118 Å². The van der Waals surface area contributed by atoms with Crippen molar-refractivity contribution in [3.8, 4) is 0 Å². The summed E-state index contributed by atoms with van der Waals surface area (Å²) in [6.07, 6.45) is 0. The minimum atomic E-state index is -3.42. The molecular formula is C12H20N2O3S2. The minimum absolute atomic E-state index is 0.410. The minimum Gasteiger partial charge on any atom is -0.378 e. The Morgan fingerprint density at radius 2 is 2.21 bits per heavy atom. The molecule has 108 valence electrons. The SMILES string of the molecule is CNCc1ccc(S(=O)(=O)N2CCOCC2(C)C)s1. The largest absolute Gasteiger partial charge is 0.378 e. The van der Waals surface area contributed by atoms with Crippen LogP contribution in [0, 0.1) is 0 Å². The molecule has 0 unspecified atom stereocenters. The molecule has 0 amide bonds. The Bertz CT molecular complexity index is 537. The topological polar surface area (TPSA) is 58.6 Å². The fourth-order valence-corrected chi connectivity index (χ4v) is 5.40. The van der Waals surface area contributed by atoms with E-state index in [1.165, 1.54) is 11.3 Å². The van der Waals surface area contributed by atoms with Gasteiger partial charge in [-0.2, -0.15) is 4.31 Å². The van der Waals surface area contributed by atoms with Crippen molar-refractivity contribution in [1.82, 2.24) is 9.62 Å². The smallest absolute Gasteiger partial charge is 0.253 e. The van der Waals surface area contributed by atoms with E-state index in [0.29, 0.717) is 30.5 Å². The number of thiophene rings is 1. The fourth-order valence-electron chi connectivity index (χ4n) is 2.16. The molecule has 1 aromatic heterocycles. The van der Waals surface area contributed by atoms with Crippen molar-refractivity contribution in [3.05, 3.63) is 17.0 Å². The van der Waals surface area contributed by atoms with Crippen molar-refractivity contribution in [1.29, 1.82) is 0 Å². The molecule has 0 saturated carbocycles. The van der Waals surface area contributed by atoms with Crippen LogP contribution in [-0.4, -0.2) is 45.1 Å². The average Bonchev–Trinajstić information content (AvgIpc) is 2.78. The number of sulfonamides is 1. The highest BCUT2D eigenvalue weighted by molar-refractivity contribution is 7.91. The van der Waals surface area contributed by atoms with Gasteiger partial charge in [0.25, 0.3) is 10.0 Å². The Morgan fingerprint density at radius 1 is 1.47 bits per heavy atom. The Morgan fingerprint density at radius 3 is 2.84 bits per heavy atom. The van der Waals surface area contributed by atoms with Crippen LogP contribution in [0.1, 0.15) is 18.7 Å². The lowest BCUT2D eigenvalue weighted by atomic mass is 10.1. The highest BCUT2D eigenvalue weighted by atomic mass is 32.2. The lowest BCUT2D eigenvalue weighted by molar-refractivity contribution is -0.00761. The van der Waals surface area contributed by atoms with Gasteiger partial charge in [0.05, 0.1) is 18.8 Å². The van der Waals surface area contributed by atoms with Crippen molar-refractivity contribution < 1.29 is 13.2 Å². The predicted octanol–water partition coefficient (Wildman–Crippen LogP) is 1.27. The first-order valence-corrected chi connectivity index (χ1v) is 8.47. The molecule has 2 rings (SSSR count). The van der Waals surface area contributed by atoms with Crippen molar-refractivity contribution in [2.75, 3.05) is 26.8 Å². The highest BCUT2D eigenvalue weighted by Crippen LogP contribution is 2.31. The standard InChI is InChI=1S/C12H20N2O3S2/c1-12(2)9-17-7-6-14(12)19(15,16)11-5-4-10(18-11)8-13-3/h4-5,13H,6-9H2,1-3H3. The Kier molecular flexibility index (Phi) is 4.32. The van der Waals surface area contributed by atoms with Crippen LogP contribution in [-0.2, 0) is 21.3 Å². The molecule has 0 atom stereocenters. The lowest BCUT2D eigenvalue weighted by Crippen LogP contribution is -2.55. The summed E-state index contributed by atoms with van der Waals surface area (Å²) in [5, 5.41) is 3.03. The molecule has 19 heavy (non-hydrogen) atoms. The summed E-state index contributed by atoms with van der Waals surface area (Å²) < 4.78 is 32.7. The van der Waals surface area contributed by atoms with Gasteiger partial charge in [-0.15, -0.1) is 11.3 Å². The zero-order valence-electron chi connectivity index (χ0n) is 11.5. The van der Waals surface area contributed by atoms with Crippen LogP contribution in [0.2, 0.25) is 0 Å². The average molecular weight is 304 g/mol. The van der Waals surface area contributed by atoms with Gasteiger partial charge in [-0.05, 0) is 33.0 Å². The van der Waals surface area contributed by atoms with Gasteiger partial charge in [0.15, 0.2) is 0 Å². The first-order chi connectivity index (χ1) is 8.88. The summed E-state index contributed by atoms with van der Waals surface area (Å²) in [5.74, 6) is 0. The third-order valence-corrected chi connectivity index (χ3v) is 6.76. The molecule has 1 N–H and O–H groups in total. The van der Waals surface area contributed by atoms with Crippen LogP contribution in [0.15, 0.2) is 16.3 Å². The van der Waals surface area contributed by atoms with Crippen molar-refractivity contribution in [3.63, 3.8) is 0 Å². The number of ether oxygens (including phenoxy) is 1. The second-order valence-electron chi connectivity index (χ2n) is 5.19. The Balaban J connectivity index is 2.30. The summed E-state index contributed by atoms with van der Waals surface area (Å²) in [4.78, 5) is 1.02. The maximum Gasteiger partial charge on any atom is 0.253 e. The monoisotopic (exact) mass is 304 g/mol. The van der Waals surface area contributed by atoms with Crippen molar-refractivity contribution in [2.45, 2.75) is 30.1 Å². The van der Waals surface area contributed by atoms with Crippen LogP contribution in [0.25, 0.3) is 0 Å². The third-order valence-electron chi connectivity index (χ3n) is 3.10. The van der Waals surface area contributed by atoms with Gasteiger partial charge in [0.2, 0.25) is 0 Å². The summed E-state index contributed by atoms with van der Waals surface area (Å²) in [6, 6.07) is 3.56. The van der Waals surface area contributed by atoms with E-state index in [1.807, 2.05) is 27.0 Å². The summed E-state index contributed by atoms with van der Waals surface area (Å²) in [6.45, 7) is 5.78. The maximum atomic E-state index is 12.7. The fraction of sp³-hybridized carbons (Fsp3) is 0.667. The van der Waals surface area contributed by atoms with Crippen LogP contribution in [0.5, 0.6) is 0 Å². The summed E-state index contributed by atoms with van der Waals surface area (Å²) in [7, 11) is -1.58. The second-order valence-corrected chi connectivity index (χ2v) is 8.45. The van der Waals surface area contributed by atoms with E-state index in [9.17, 15) is 8.42 Å². The molecule has 0 bridgehead atoms. The van der Waals surface area contributed by atoms with Crippen molar-refractivity contribution in [2.24, 2.45) is 0 Å². The first-order valence-electron chi connectivity index (χ1n) is 6.22. The van der Waals surface area contributed by atoms with Gasteiger partial charge >= 0.3 is 0 Å². The van der Waals surface area contributed by atoms with Gasteiger partial charge in [-0.25, -0.2) is 8.42 Å². The number of nitrogens with one attached hydrogen (secondary N) is 1. The van der Waals surface area contributed by atoms with E-state index in [4.69, 9.17) is 4.74 Å². The van der Waals surface area contributed by atoms with Crippen LogP contribution in [0.3, 0.4) is 0 Å². The van der Waals surface area contributed by atoms with E-state index in [2.05, 4.69) is 5.32 Å². The lowest BCUT2D eigenvalue weighted by Gasteiger charge is -2.40. The van der Waals surface area contributed by atoms with E-state index in [-0.39, 0.29) is 0 Å². The molecule has 1 saturated heterocycles. The van der Waals surface area contributed by atoms with Gasteiger partial charge in [0, 0.05) is 18.0 Å². The normalized spacial score (nSPS) is 20.6. The molecule has 0 aromatic carbocycles. The van der Waals surface area contributed by atoms with E-state index in [1.54, 1.807) is 10.4 Å². The van der Waals surface area contributed by atoms with Crippen LogP contribution >= 0.6 is 11.3 Å². The molecular weight excluding hydrogens is 284 g/mol. The van der Waals surface area contributed by atoms with Gasteiger partial charge < -0.3 is 10.1 Å². The molecule has 1 aliphatic heterocycles. The molecule has 1 aliphatic rings. The van der Waals surface area contributed by atoms with E-state index < -0.39 is 15.6 Å². The number of nitrogens with zero attached hydrogens (tertiary/aromatic N) is 1. The van der Waals surface area contributed by atoms with Crippen LogP contribution in [0.4, 0.5) is 0 Å². The number of hydrogen-bond acceptors (Lipinski definition) is 5. The summed E-state index contributed by atoms with van der Waals surface area (Å²) in [5.41, 5.74) is -0.496. The zero-order valence-corrected chi connectivity index (χ0v) is 13.1. The molecule has 2 heterocycles. The number of morpholine rings is 1.